The van der Waals surface area contributed by atoms with Gasteiger partial charge in [-0.2, -0.15) is 0 Å². The van der Waals surface area contributed by atoms with Crippen LogP contribution in [0.5, 0.6) is 0 Å². The topological polar surface area (TPSA) is 97.3 Å². The number of guanidine groups is 1. The second-order valence-electron chi connectivity index (χ2n) is 8.32. The summed E-state index contributed by atoms with van der Waals surface area (Å²) >= 11 is 0. The number of esters is 1. The van der Waals surface area contributed by atoms with Crippen molar-refractivity contribution >= 4 is 23.9 Å². The lowest BCUT2D eigenvalue weighted by Crippen LogP contribution is -2.45. The molecule has 0 aromatic carbocycles. The van der Waals surface area contributed by atoms with Gasteiger partial charge in [0.25, 0.3) is 0 Å². The van der Waals surface area contributed by atoms with Gasteiger partial charge in [-0.3, -0.25) is 14.9 Å². The highest BCUT2D eigenvalue weighted by Gasteiger charge is 2.21. The number of allylic oxidation sites excluding steroid dienone is 1. The summed E-state index contributed by atoms with van der Waals surface area (Å²) in [7, 11) is 0. The summed E-state index contributed by atoms with van der Waals surface area (Å²) in [6.07, 6.45) is 7.49. The van der Waals surface area contributed by atoms with Gasteiger partial charge in [-0.25, -0.2) is 4.79 Å². The molecule has 0 aromatic rings. The molecule has 0 fully saturated rings. The fourth-order valence-corrected chi connectivity index (χ4v) is 2.53. The average Bonchev–Trinajstić information content (AvgIpc) is 2.72. The van der Waals surface area contributed by atoms with Crippen LogP contribution in [0, 0.1) is 0 Å². The van der Waals surface area contributed by atoms with E-state index in [1.807, 2.05) is 6.08 Å². The lowest BCUT2D eigenvalue weighted by Gasteiger charge is -2.23. The summed E-state index contributed by atoms with van der Waals surface area (Å²) in [6.45, 7) is 10.2. The Morgan fingerprint density at radius 3 is 2.38 bits per heavy atom. The fourth-order valence-electron chi connectivity index (χ4n) is 2.53. The minimum atomic E-state index is -2.91. The van der Waals surface area contributed by atoms with Gasteiger partial charge in [0.1, 0.15) is 18.2 Å². The monoisotopic (exact) mass is 454 g/mol. The Balaban J connectivity index is 5.55. The van der Waals surface area contributed by atoms with Crippen molar-refractivity contribution in [3.05, 3.63) is 25.3 Å². The zero-order valence-corrected chi connectivity index (χ0v) is 19.9. The first kappa shape index (κ1) is 24.0. The van der Waals surface area contributed by atoms with Crippen LogP contribution < -0.4 is 5.32 Å². The number of likely N-dealkylation sites (N-methyl/N-ethyl adjacent to an activating group) is 1. The molecule has 1 N–H and O–H groups in total. The van der Waals surface area contributed by atoms with Crippen LogP contribution in [-0.4, -0.2) is 54.1 Å². The molecule has 2 amide bonds. The molecule has 8 nitrogen and oxygen atoms in total. The summed E-state index contributed by atoms with van der Waals surface area (Å²) < 4.78 is 33.9. The van der Waals surface area contributed by atoms with Crippen molar-refractivity contribution < 1.29 is 28.0 Å². The highest BCUT2D eigenvalue weighted by Crippen LogP contribution is 2.09. The van der Waals surface area contributed by atoms with Crippen molar-refractivity contribution in [2.75, 3.05) is 13.5 Å². The number of rotatable bonds is 13. The number of carbonyl (C=O) groups excluding carboxylic acids is 3. The van der Waals surface area contributed by atoms with E-state index in [2.05, 4.69) is 23.5 Å². The Morgan fingerprint density at radius 1 is 1.16 bits per heavy atom. The van der Waals surface area contributed by atoms with Crippen LogP contribution in [0.4, 0.5) is 4.79 Å². The fraction of sp³-hybridized carbons (Fsp3) is 0.667. The highest BCUT2D eigenvalue weighted by molar-refractivity contribution is 6.01. The molecule has 0 heterocycles. The Kier molecular flexibility index (Phi) is 12.0. The minimum absolute atomic E-state index is 0.0997. The van der Waals surface area contributed by atoms with Crippen LogP contribution >= 0.6 is 0 Å². The number of hydrogen-bond donors (Lipinski definition) is 1. The predicted octanol–water partition coefficient (Wildman–Crippen LogP) is 4.75. The molecular weight excluding hydrogens is 410 g/mol. The molecule has 0 aliphatic carbocycles. The van der Waals surface area contributed by atoms with E-state index in [1.165, 1.54) is 6.08 Å². The minimum Gasteiger partial charge on any atom is -0.457 e. The molecule has 32 heavy (non-hydrogen) atoms. The summed E-state index contributed by atoms with van der Waals surface area (Å²) in [5, 5.41) is 2.37. The first-order valence-electron chi connectivity index (χ1n) is 12.6. The molecule has 0 spiro atoms. The smallest absolute Gasteiger partial charge is 0.437 e. The van der Waals surface area contributed by atoms with Crippen LogP contribution in [0.25, 0.3) is 0 Å². The maximum atomic E-state index is 12.5. The molecule has 0 bridgehead atoms. The van der Waals surface area contributed by atoms with E-state index < -0.39 is 49.2 Å². The lowest BCUT2D eigenvalue weighted by molar-refractivity contribution is -0.147. The molecule has 0 saturated carbocycles. The standard InChI is InChI=1S/C24H41N3O5/c1-8-11-12-13-14-15-16-17-20(28)25-22(26-23(30)32-24(4,5)6)27(7)18-21(29)31-19(9-2)10-3/h8-9,19H,1-2,10-18H2,3-7H3,(H,25,26,28,30)/i7D3. The molecule has 0 aliphatic heterocycles. The normalized spacial score (nSPS) is 14.2. The summed E-state index contributed by atoms with van der Waals surface area (Å²) in [6, 6.07) is 0. The molecule has 182 valence electrons. The maximum Gasteiger partial charge on any atom is 0.437 e. The van der Waals surface area contributed by atoms with Gasteiger partial charge in [-0.05, 0) is 46.5 Å². The van der Waals surface area contributed by atoms with Gasteiger partial charge < -0.3 is 14.4 Å². The van der Waals surface area contributed by atoms with Crippen molar-refractivity contribution in [1.29, 1.82) is 0 Å². The number of carbonyl (C=O) groups is 3. The third-order valence-corrected chi connectivity index (χ3v) is 4.14. The van der Waals surface area contributed by atoms with Crippen molar-refractivity contribution in [3.63, 3.8) is 0 Å². The van der Waals surface area contributed by atoms with Gasteiger partial charge >= 0.3 is 12.1 Å². The third-order valence-electron chi connectivity index (χ3n) is 4.14. The van der Waals surface area contributed by atoms with Gasteiger partial charge in [-0.15, -0.1) is 11.6 Å². The molecule has 1 atom stereocenters. The molecule has 0 radical (unpaired) electrons. The Bertz CT molecular complexity index is 746. The number of hydrogen-bond acceptors (Lipinski definition) is 5. The van der Waals surface area contributed by atoms with Crippen LogP contribution in [-0.2, 0) is 19.1 Å². The molecule has 0 aromatic heterocycles. The van der Waals surface area contributed by atoms with E-state index in [9.17, 15) is 14.4 Å². The quantitative estimate of drug-likeness (QED) is 0.142. The first-order valence-corrected chi connectivity index (χ1v) is 11.1. The van der Waals surface area contributed by atoms with Crippen LogP contribution in [0.15, 0.2) is 30.3 Å². The summed E-state index contributed by atoms with van der Waals surface area (Å²) in [5.41, 5.74) is -0.899. The van der Waals surface area contributed by atoms with Crippen molar-refractivity contribution in [2.24, 2.45) is 4.99 Å². The van der Waals surface area contributed by atoms with E-state index in [4.69, 9.17) is 13.6 Å². The molecule has 0 rings (SSSR count). The van der Waals surface area contributed by atoms with E-state index in [0.717, 1.165) is 32.1 Å². The van der Waals surface area contributed by atoms with Crippen molar-refractivity contribution in [2.45, 2.75) is 90.8 Å². The van der Waals surface area contributed by atoms with E-state index >= 15 is 0 Å². The summed E-state index contributed by atoms with van der Waals surface area (Å²) in [4.78, 5) is 41.5. The zero-order valence-electron chi connectivity index (χ0n) is 22.9. The Hall–Kier alpha value is -2.64. The molecule has 0 aliphatic rings. The molecule has 0 saturated heterocycles. The third kappa shape index (κ3) is 15.2. The predicted molar refractivity (Wildman–Crippen MR) is 127 cm³/mol. The summed E-state index contributed by atoms with van der Waals surface area (Å²) in [5.74, 6) is -2.00. The van der Waals surface area contributed by atoms with E-state index in [0.29, 0.717) is 17.7 Å². The van der Waals surface area contributed by atoms with E-state index in [1.54, 1.807) is 27.7 Å². The Labute approximate surface area is 197 Å². The molecular formula is C24H41N3O5. The van der Waals surface area contributed by atoms with E-state index in [-0.39, 0.29) is 6.42 Å². The second-order valence-corrected chi connectivity index (χ2v) is 8.32. The van der Waals surface area contributed by atoms with Gasteiger partial charge in [0.15, 0.2) is 0 Å². The first-order chi connectivity index (χ1) is 16.2. The Morgan fingerprint density at radius 2 is 1.81 bits per heavy atom. The molecule has 8 heteroatoms. The van der Waals surface area contributed by atoms with Gasteiger partial charge in [0.05, 0.1) is 0 Å². The largest absolute Gasteiger partial charge is 0.457 e. The highest BCUT2D eigenvalue weighted by atomic mass is 16.6. The van der Waals surface area contributed by atoms with Crippen LogP contribution in [0.3, 0.4) is 0 Å². The van der Waals surface area contributed by atoms with Crippen molar-refractivity contribution in [1.82, 2.24) is 10.2 Å². The van der Waals surface area contributed by atoms with Gasteiger partial charge in [0.2, 0.25) is 11.9 Å². The number of aliphatic imine (C=N–C) groups is 1. The number of ether oxygens (including phenoxy) is 2. The SMILES string of the molecule is [2H]C([2H])([2H])N(CC(=O)OC(C=C)CC)/C(=N\C(=O)OC(C)(C)C)NC(=O)CCCCCCCC=C. The van der Waals surface area contributed by atoms with Gasteiger partial charge in [0, 0.05) is 17.5 Å². The number of unbranched alkanes of at least 4 members (excludes halogenated alkanes) is 5. The number of nitrogens with zero attached hydrogens (tertiary/aromatic N) is 2. The van der Waals surface area contributed by atoms with Crippen LogP contribution in [0.2, 0.25) is 0 Å². The lowest BCUT2D eigenvalue weighted by atomic mass is 10.1. The zero-order chi connectivity index (χ0) is 27.1. The maximum absolute atomic E-state index is 12.5. The average molecular weight is 455 g/mol. The number of nitrogens with one attached hydrogen (secondary N) is 1. The van der Waals surface area contributed by atoms with Gasteiger partial charge in [-0.1, -0.05) is 44.9 Å². The second kappa shape index (κ2) is 16.1. The van der Waals surface area contributed by atoms with Crippen LogP contribution in [0.1, 0.15) is 83.2 Å². The molecule has 1 unspecified atom stereocenters. The number of amides is 2. The van der Waals surface area contributed by atoms with Crippen molar-refractivity contribution in [3.8, 4) is 0 Å².